The van der Waals surface area contributed by atoms with E-state index in [1.54, 1.807) is 30.3 Å². The maximum atomic E-state index is 14.1. The number of hydrogen-bond donors (Lipinski definition) is 0. The van der Waals surface area contributed by atoms with Gasteiger partial charge in [0.25, 0.3) is 0 Å². The van der Waals surface area contributed by atoms with Crippen molar-refractivity contribution in [1.29, 1.82) is 0 Å². The van der Waals surface area contributed by atoms with Crippen LogP contribution in [0.25, 0.3) is 0 Å². The van der Waals surface area contributed by atoms with Crippen molar-refractivity contribution in [3.05, 3.63) is 35.9 Å². The summed E-state index contributed by atoms with van der Waals surface area (Å²) >= 11 is 11.1. The summed E-state index contributed by atoms with van der Waals surface area (Å²) in [5, 5.41) is 0. The average molecular weight is 361 g/mol. The molecule has 1 saturated heterocycles. The second-order valence-corrected chi connectivity index (χ2v) is 6.50. The molecule has 4 nitrogen and oxygen atoms in total. The second-order valence-electron chi connectivity index (χ2n) is 4.00. The lowest BCUT2D eigenvalue weighted by atomic mass is 10.2. The van der Waals surface area contributed by atoms with Crippen LogP contribution in [0.3, 0.4) is 0 Å². The van der Waals surface area contributed by atoms with Crippen LogP contribution in [0.2, 0.25) is 0 Å². The van der Waals surface area contributed by atoms with Crippen molar-refractivity contribution < 1.29 is 22.8 Å². The number of hydrogen-bond acceptors (Lipinski definition) is 2. The molecule has 2 rings (SSSR count). The first-order valence-electron chi connectivity index (χ1n) is 11.0. The molecule has 0 amide bonds. The molecule has 0 aromatic heterocycles. The maximum absolute atomic E-state index is 14.1. The van der Waals surface area contributed by atoms with Gasteiger partial charge in [0.05, 0.1) is 6.61 Å². The fourth-order valence-corrected chi connectivity index (χ4v) is 3.86. The van der Waals surface area contributed by atoms with E-state index in [0.29, 0.717) is 10.2 Å². The van der Waals surface area contributed by atoms with E-state index in [-0.39, 0.29) is 11.1 Å². The summed E-state index contributed by atoms with van der Waals surface area (Å²) < 4.78 is 99.4. The number of halogens is 2. The molecule has 1 aliphatic heterocycles. The summed E-state index contributed by atoms with van der Waals surface area (Å²) in [7, 11) is -5.16. The molecule has 0 aliphatic carbocycles. The third-order valence-electron chi connectivity index (χ3n) is 2.69. The van der Waals surface area contributed by atoms with Gasteiger partial charge in [-0.05, 0) is 12.0 Å². The van der Waals surface area contributed by atoms with Crippen molar-refractivity contribution in [2.75, 3.05) is 37.8 Å². The van der Waals surface area contributed by atoms with E-state index in [2.05, 4.69) is 0 Å². The van der Waals surface area contributed by atoms with Crippen molar-refractivity contribution in [1.82, 2.24) is 9.34 Å². The van der Waals surface area contributed by atoms with E-state index in [1.165, 1.54) is 0 Å². The predicted molar refractivity (Wildman–Crippen MR) is 88.0 cm³/mol. The Morgan fingerprint density at radius 2 is 2.00 bits per heavy atom. The normalized spacial score (nSPS) is 35.8. The number of rotatable bonds is 7. The van der Waals surface area contributed by atoms with Crippen LogP contribution in [0.5, 0.6) is 0 Å². The van der Waals surface area contributed by atoms with Gasteiger partial charge in [-0.1, -0.05) is 30.3 Å². The molecule has 1 aromatic carbocycles. The zero-order valence-electron chi connectivity index (χ0n) is 20.9. The summed E-state index contributed by atoms with van der Waals surface area (Å²) in [6.45, 7) is -10.7. The first-order chi connectivity index (χ1) is 13.8. The molecule has 1 fully saturated rings. The molecule has 1 aliphatic rings. The summed E-state index contributed by atoms with van der Waals surface area (Å²) in [4.78, 5) is 0. The van der Waals surface area contributed by atoms with Crippen LogP contribution in [0.4, 0.5) is 0 Å². The molecule has 0 spiro atoms. The Bertz CT molecular complexity index is 809. The van der Waals surface area contributed by atoms with Crippen LogP contribution in [0.15, 0.2) is 30.3 Å². The Morgan fingerprint density at radius 3 is 2.62 bits per heavy atom. The van der Waals surface area contributed by atoms with Crippen LogP contribution in [0, 0.1) is 0 Å². The van der Waals surface area contributed by atoms with Gasteiger partial charge in [-0.2, -0.15) is 0 Å². The molecule has 0 saturated carbocycles. The molecule has 1 atom stereocenters. The van der Waals surface area contributed by atoms with E-state index >= 15 is 0 Å². The number of alkyl halides is 2. The van der Waals surface area contributed by atoms with Gasteiger partial charge in [-0.15, -0.1) is 23.2 Å². The SMILES string of the molecule is [2H]C1([2H])CCOP(=O)(N(C([2H])([2H])C([2H])([2H])Cl)C([2H])([2H])C([2H])([2H])Cl)N1Cc1ccccc1. The third kappa shape index (κ3) is 4.44. The Kier molecular flexibility index (Phi) is 3.30. The fraction of sp³-hybridized carbons (Fsp3) is 0.571. The minimum absolute atomic E-state index is 0.314. The quantitative estimate of drug-likeness (QED) is 0.546. The molecular formula is C14H21Cl2N2O2P. The first kappa shape index (κ1) is 8.14. The molecule has 0 N–H and O–H groups in total. The monoisotopic (exact) mass is 360 g/mol. The lowest BCUT2D eigenvalue weighted by Crippen LogP contribution is -2.38. The average Bonchev–Trinajstić information content (AvgIpc) is 2.56. The predicted octanol–water partition coefficient (Wildman–Crippen LogP) is 3.80. The molecule has 1 aromatic rings. The van der Waals surface area contributed by atoms with Gasteiger partial charge < -0.3 is 4.52 Å². The van der Waals surface area contributed by atoms with Gasteiger partial charge in [0.1, 0.15) is 0 Å². The highest BCUT2D eigenvalue weighted by atomic mass is 35.5. The van der Waals surface area contributed by atoms with Crippen LogP contribution < -0.4 is 0 Å². The largest absolute Gasteiger partial charge is 0.346 e. The molecule has 0 radical (unpaired) electrons. The minimum Gasteiger partial charge on any atom is -0.306 e. The van der Waals surface area contributed by atoms with Crippen molar-refractivity contribution >= 4 is 30.9 Å². The van der Waals surface area contributed by atoms with E-state index in [0.717, 1.165) is 0 Å². The van der Waals surface area contributed by atoms with Crippen LogP contribution in [-0.2, 0) is 15.6 Å². The van der Waals surface area contributed by atoms with Crippen LogP contribution >= 0.6 is 30.9 Å². The first-order valence-corrected chi connectivity index (χ1v) is 8.32. The van der Waals surface area contributed by atoms with E-state index in [1.807, 2.05) is 0 Å². The summed E-state index contributed by atoms with van der Waals surface area (Å²) in [5.74, 6) is -6.79. The fourth-order valence-electron chi connectivity index (χ4n) is 1.80. The molecular weight excluding hydrogens is 330 g/mol. The Hall–Kier alpha value is -0.0900. The van der Waals surface area contributed by atoms with Crippen molar-refractivity contribution in [2.45, 2.75) is 13.0 Å². The lowest BCUT2D eigenvalue weighted by Gasteiger charge is -2.40. The van der Waals surface area contributed by atoms with Gasteiger partial charge in [-0.25, -0.2) is 9.34 Å². The van der Waals surface area contributed by atoms with Crippen LogP contribution in [0.1, 0.15) is 25.7 Å². The van der Waals surface area contributed by atoms with Gasteiger partial charge >= 0.3 is 7.67 Å². The van der Waals surface area contributed by atoms with E-state index < -0.39 is 52.0 Å². The highest BCUT2D eigenvalue weighted by Gasteiger charge is 2.40. The van der Waals surface area contributed by atoms with Gasteiger partial charge in [0.15, 0.2) is 0 Å². The zero-order chi connectivity index (χ0) is 24.1. The molecule has 118 valence electrons. The Balaban J connectivity index is 2.77. The van der Waals surface area contributed by atoms with Crippen molar-refractivity contribution in [2.24, 2.45) is 0 Å². The Morgan fingerprint density at radius 1 is 1.33 bits per heavy atom. The Labute approximate surface area is 150 Å². The topological polar surface area (TPSA) is 32.8 Å². The highest BCUT2D eigenvalue weighted by Crippen LogP contribution is 2.56. The summed E-state index contributed by atoms with van der Waals surface area (Å²) in [6, 6.07) is 8.03. The van der Waals surface area contributed by atoms with Crippen molar-refractivity contribution in [3.63, 3.8) is 0 Å². The maximum Gasteiger partial charge on any atom is 0.346 e. The third-order valence-corrected chi connectivity index (χ3v) is 4.97. The van der Waals surface area contributed by atoms with Crippen molar-refractivity contribution in [3.8, 4) is 0 Å². The van der Waals surface area contributed by atoms with E-state index in [9.17, 15) is 4.57 Å². The molecule has 7 heteroatoms. The van der Waals surface area contributed by atoms with Gasteiger partial charge in [-0.3, -0.25) is 4.57 Å². The highest BCUT2D eigenvalue weighted by molar-refractivity contribution is 7.54. The zero-order valence-corrected chi connectivity index (χ0v) is 13.3. The van der Waals surface area contributed by atoms with Gasteiger partial charge in [0.2, 0.25) is 0 Å². The molecule has 1 heterocycles. The molecule has 21 heavy (non-hydrogen) atoms. The van der Waals surface area contributed by atoms with Gasteiger partial charge in [0, 0.05) is 51.4 Å². The van der Waals surface area contributed by atoms with Crippen LogP contribution in [-0.4, -0.2) is 47.1 Å². The van der Waals surface area contributed by atoms with E-state index in [4.69, 9.17) is 41.4 Å². The number of nitrogens with zero attached hydrogens (tertiary/aromatic N) is 2. The lowest BCUT2D eigenvalue weighted by molar-refractivity contribution is 0.164. The minimum atomic E-state index is -5.16. The molecule has 0 bridgehead atoms. The number of benzene rings is 1. The summed E-state index contributed by atoms with van der Waals surface area (Å²) in [5.41, 5.74) is 0.418. The standard InChI is InChI=1S/C14H21Cl2N2O2P/c15-7-10-17(11-8-16)21(19)18(9-4-12-20-21)13-14-5-2-1-3-6-14/h1-3,5-6H,4,7-13H2/i7D2,8D2,9D2,10D2,11D2. The second kappa shape index (κ2) is 8.52. The molecule has 1 unspecified atom stereocenters. The smallest absolute Gasteiger partial charge is 0.306 e. The summed E-state index contributed by atoms with van der Waals surface area (Å²) in [6.07, 6.45) is -0.314.